The van der Waals surface area contributed by atoms with Gasteiger partial charge in [0.15, 0.2) is 11.4 Å². The van der Waals surface area contributed by atoms with Crippen LogP contribution in [-0.2, 0) is 6.42 Å². The van der Waals surface area contributed by atoms with Crippen molar-refractivity contribution in [1.29, 1.82) is 0 Å². The second-order valence-corrected chi connectivity index (χ2v) is 5.49. The van der Waals surface area contributed by atoms with Crippen molar-refractivity contribution in [3.05, 3.63) is 25.2 Å². The summed E-state index contributed by atoms with van der Waals surface area (Å²) in [6.07, 6.45) is 0.783. The van der Waals surface area contributed by atoms with Gasteiger partial charge in [0.1, 0.15) is 6.67 Å². The molecule has 1 aromatic heterocycles. The summed E-state index contributed by atoms with van der Waals surface area (Å²) in [5, 5.41) is 2.05. The number of pyridine rings is 1. The lowest BCUT2D eigenvalue weighted by atomic mass is 10.2. The first-order valence-corrected chi connectivity index (χ1v) is 6.66. The third-order valence-corrected chi connectivity index (χ3v) is 4.47. The maximum Gasteiger partial charge on any atom is 0.277 e. The average Bonchev–Trinajstić information content (AvgIpc) is 2.76. The van der Waals surface area contributed by atoms with E-state index in [9.17, 15) is 9.59 Å². The van der Waals surface area contributed by atoms with Gasteiger partial charge in [-0.25, -0.2) is 4.68 Å². The van der Waals surface area contributed by atoms with Crippen LogP contribution in [0.3, 0.4) is 0 Å². The van der Waals surface area contributed by atoms with Gasteiger partial charge in [-0.05, 0) is 22.6 Å². The van der Waals surface area contributed by atoms with Gasteiger partial charge in [-0.15, -0.1) is 0 Å². The number of amides is 1. The van der Waals surface area contributed by atoms with Crippen LogP contribution in [0.15, 0.2) is 4.79 Å². The van der Waals surface area contributed by atoms with Crippen LogP contribution in [0.25, 0.3) is 0 Å². The van der Waals surface area contributed by atoms with E-state index in [1.165, 1.54) is 7.11 Å². The first-order valence-electron chi connectivity index (χ1n) is 5.58. The van der Waals surface area contributed by atoms with Crippen LogP contribution in [0.2, 0.25) is 0 Å². The fraction of sp³-hybridized carbons (Fsp3) is 0.455. The third-order valence-electron chi connectivity index (χ3n) is 3.36. The number of carbonyl (C=O) groups excluding carboxylic acids is 1. The largest absolute Gasteiger partial charge is 0.491 e. The monoisotopic (exact) mass is 361 g/mol. The van der Waals surface area contributed by atoms with Crippen LogP contribution in [0.5, 0.6) is 5.75 Å². The maximum atomic E-state index is 12.2. The number of methoxy groups -OCH3 is 1. The van der Waals surface area contributed by atoms with E-state index >= 15 is 0 Å². The van der Waals surface area contributed by atoms with Gasteiger partial charge in [-0.3, -0.25) is 14.6 Å². The van der Waals surface area contributed by atoms with Crippen LogP contribution < -0.4 is 15.2 Å². The van der Waals surface area contributed by atoms with Crippen LogP contribution in [0.4, 0.5) is 0 Å². The zero-order valence-electron chi connectivity index (χ0n) is 10.1. The molecule has 0 saturated heterocycles. The molecular formula is C11H12IN3O3. The van der Waals surface area contributed by atoms with Gasteiger partial charge in [0.05, 0.1) is 16.4 Å². The van der Waals surface area contributed by atoms with Gasteiger partial charge in [-0.2, -0.15) is 0 Å². The van der Waals surface area contributed by atoms with Crippen molar-refractivity contribution in [3.8, 4) is 5.75 Å². The van der Waals surface area contributed by atoms with E-state index in [2.05, 4.69) is 5.01 Å². The predicted molar refractivity (Wildman–Crippen MR) is 73.7 cm³/mol. The SMILES string of the molecule is COc1c2n3c(c(I)c1=O)CCN3CN(C)C2=O. The summed E-state index contributed by atoms with van der Waals surface area (Å²) in [7, 11) is 3.16. The standard InChI is InChI=1S/C11H12IN3O3/c1-13-5-14-4-3-6-7(12)9(16)10(18-2)8(11(13)17)15(6)14/h3-5H2,1-2H3. The highest BCUT2D eigenvalue weighted by Crippen LogP contribution is 2.28. The molecule has 0 atom stereocenters. The molecule has 3 heterocycles. The van der Waals surface area contributed by atoms with Crippen molar-refractivity contribution in [3.63, 3.8) is 0 Å². The number of ether oxygens (including phenoxy) is 1. The molecule has 1 aromatic rings. The molecule has 0 N–H and O–H groups in total. The third kappa shape index (κ3) is 1.33. The van der Waals surface area contributed by atoms with Gasteiger partial charge < -0.3 is 9.64 Å². The number of nitrogens with zero attached hydrogens (tertiary/aromatic N) is 3. The molecule has 0 bridgehead atoms. The fourth-order valence-electron chi connectivity index (χ4n) is 2.53. The number of hydrogen-bond donors (Lipinski definition) is 0. The van der Waals surface area contributed by atoms with E-state index in [0.29, 0.717) is 15.9 Å². The highest BCUT2D eigenvalue weighted by molar-refractivity contribution is 14.1. The molecular weight excluding hydrogens is 349 g/mol. The molecule has 0 fully saturated rings. The molecule has 18 heavy (non-hydrogen) atoms. The molecule has 0 aliphatic carbocycles. The summed E-state index contributed by atoms with van der Waals surface area (Å²) >= 11 is 2.03. The van der Waals surface area contributed by atoms with Gasteiger partial charge >= 0.3 is 0 Å². The van der Waals surface area contributed by atoms with Crippen molar-refractivity contribution in [2.45, 2.75) is 6.42 Å². The van der Waals surface area contributed by atoms with Crippen LogP contribution >= 0.6 is 22.6 Å². The summed E-state index contributed by atoms with van der Waals surface area (Å²) in [6.45, 7) is 1.36. The Morgan fingerprint density at radius 1 is 1.33 bits per heavy atom. The summed E-state index contributed by atoms with van der Waals surface area (Å²) < 4.78 is 7.66. The van der Waals surface area contributed by atoms with Crippen molar-refractivity contribution >= 4 is 28.5 Å². The lowest BCUT2D eigenvalue weighted by molar-refractivity contribution is 0.0738. The molecule has 2 aliphatic heterocycles. The Hall–Kier alpha value is -1.25. The van der Waals surface area contributed by atoms with Gasteiger partial charge in [0, 0.05) is 20.0 Å². The minimum Gasteiger partial charge on any atom is -0.491 e. The molecule has 1 amide bonds. The summed E-state index contributed by atoms with van der Waals surface area (Å²) in [4.78, 5) is 26.0. The molecule has 0 unspecified atom stereocenters. The Balaban J connectivity index is 2.41. The highest BCUT2D eigenvalue weighted by atomic mass is 127. The first-order chi connectivity index (χ1) is 8.56. The topological polar surface area (TPSA) is 54.8 Å². The predicted octanol–water partition coefficient (Wildman–Crippen LogP) is -0.00130. The van der Waals surface area contributed by atoms with Gasteiger partial charge in [0.2, 0.25) is 5.43 Å². The second kappa shape index (κ2) is 3.87. The molecule has 0 spiro atoms. The summed E-state index contributed by atoms with van der Waals surface area (Å²) in [6, 6.07) is 0. The summed E-state index contributed by atoms with van der Waals surface area (Å²) in [5.41, 5.74) is 1.08. The van der Waals surface area contributed by atoms with Crippen LogP contribution in [0, 0.1) is 3.57 Å². The first kappa shape index (κ1) is 11.8. The molecule has 6 nitrogen and oxygen atoms in total. The quantitative estimate of drug-likeness (QED) is 0.661. The number of hydrogen-bond acceptors (Lipinski definition) is 4. The number of halogens is 1. The molecule has 0 aromatic carbocycles. The smallest absolute Gasteiger partial charge is 0.277 e. The molecule has 3 rings (SSSR count). The van der Waals surface area contributed by atoms with Crippen LogP contribution in [0.1, 0.15) is 16.2 Å². The lowest BCUT2D eigenvalue weighted by Crippen LogP contribution is -2.51. The van der Waals surface area contributed by atoms with E-state index in [-0.39, 0.29) is 17.1 Å². The molecule has 2 aliphatic rings. The van der Waals surface area contributed by atoms with E-state index in [0.717, 1.165) is 18.7 Å². The average molecular weight is 361 g/mol. The summed E-state index contributed by atoms with van der Waals surface area (Å²) in [5.74, 6) is -0.0219. The minimum absolute atomic E-state index is 0.145. The molecule has 0 radical (unpaired) electrons. The normalized spacial score (nSPS) is 17.2. The Morgan fingerprint density at radius 3 is 2.72 bits per heavy atom. The Bertz CT molecular complexity index is 611. The fourth-order valence-corrected chi connectivity index (χ4v) is 3.27. The van der Waals surface area contributed by atoms with E-state index in [1.807, 2.05) is 27.3 Å². The molecule has 7 heteroatoms. The highest BCUT2D eigenvalue weighted by Gasteiger charge is 2.37. The Kier molecular flexibility index (Phi) is 2.54. The van der Waals surface area contributed by atoms with Crippen molar-refractivity contribution in [1.82, 2.24) is 9.58 Å². The van der Waals surface area contributed by atoms with Crippen LogP contribution in [-0.4, -0.2) is 42.9 Å². The zero-order chi connectivity index (χ0) is 13.0. The Labute approximate surface area is 117 Å². The zero-order valence-corrected chi connectivity index (χ0v) is 12.2. The van der Waals surface area contributed by atoms with E-state index in [1.54, 1.807) is 11.9 Å². The van der Waals surface area contributed by atoms with Crippen molar-refractivity contribution < 1.29 is 9.53 Å². The lowest BCUT2D eigenvalue weighted by Gasteiger charge is -2.35. The second-order valence-electron chi connectivity index (χ2n) is 4.41. The number of rotatable bonds is 1. The van der Waals surface area contributed by atoms with E-state index < -0.39 is 0 Å². The molecule has 96 valence electrons. The van der Waals surface area contributed by atoms with Crippen molar-refractivity contribution in [2.24, 2.45) is 0 Å². The van der Waals surface area contributed by atoms with E-state index in [4.69, 9.17) is 4.74 Å². The molecule has 0 saturated carbocycles. The number of carbonyl (C=O) groups is 1. The van der Waals surface area contributed by atoms with Crippen molar-refractivity contribution in [2.75, 3.05) is 32.4 Å². The maximum absolute atomic E-state index is 12.2. The number of aromatic nitrogens is 1. The minimum atomic E-state index is -0.190. The Morgan fingerprint density at radius 2 is 2.06 bits per heavy atom. The van der Waals surface area contributed by atoms with Gasteiger partial charge in [0.25, 0.3) is 5.91 Å². The van der Waals surface area contributed by atoms with Gasteiger partial charge in [-0.1, -0.05) is 0 Å².